The highest BCUT2D eigenvalue weighted by atomic mass is 16.5. The molecule has 2 rings (SSSR count). The van der Waals surface area contributed by atoms with Gasteiger partial charge in [0.25, 0.3) is 0 Å². The first kappa shape index (κ1) is 37.3. The van der Waals surface area contributed by atoms with Crippen molar-refractivity contribution < 1.29 is 29.3 Å². The van der Waals surface area contributed by atoms with Gasteiger partial charge in [-0.25, -0.2) is 0 Å². The van der Waals surface area contributed by atoms with Crippen LogP contribution in [0.2, 0.25) is 0 Å². The van der Waals surface area contributed by atoms with E-state index < -0.39 is 29.6 Å². The van der Waals surface area contributed by atoms with Gasteiger partial charge >= 0.3 is 5.97 Å². The number of nitrogens with two attached hydrogens (primary N) is 1. The number of guanidine groups is 1. The molecule has 0 bridgehead atoms. The number of aliphatic hydroxyl groups is 2. The molecule has 0 saturated heterocycles. The third-order valence-corrected chi connectivity index (χ3v) is 9.08. The second-order valence-electron chi connectivity index (χ2n) is 13.4. The van der Waals surface area contributed by atoms with E-state index in [1.165, 1.54) is 5.57 Å². The summed E-state index contributed by atoms with van der Waals surface area (Å²) < 4.78 is 6.17. The normalized spacial score (nSPS) is 25.1. The topological polar surface area (TPSA) is 187 Å². The van der Waals surface area contributed by atoms with Gasteiger partial charge in [-0.2, -0.15) is 0 Å². The maximum atomic E-state index is 13.0. The number of allylic oxidation sites excluding steroid dienone is 3. The van der Waals surface area contributed by atoms with E-state index in [-0.39, 0.29) is 54.5 Å². The molecule has 0 aromatic carbocycles. The zero-order chi connectivity index (χ0) is 33.0. The zero-order valence-corrected chi connectivity index (χ0v) is 27.5. The van der Waals surface area contributed by atoms with Crippen LogP contribution in [-0.2, 0) is 19.1 Å². The smallest absolute Gasteiger partial charge is 0.311 e. The quantitative estimate of drug-likeness (QED) is 0.0560. The molecule has 44 heavy (non-hydrogen) atoms. The van der Waals surface area contributed by atoms with Gasteiger partial charge < -0.3 is 36.6 Å². The number of hydrogen-bond donors (Lipinski definition) is 7. The minimum atomic E-state index is -1.05. The predicted octanol–water partition coefficient (Wildman–Crippen LogP) is 2.91. The van der Waals surface area contributed by atoms with E-state index in [1.807, 2.05) is 20.8 Å². The van der Waals surface area contributed by atoms with Crippen molar-refractivity contribution in [1.82, 2.24) is 16.0 Å². The van der Waals surface area contributed by atoms with Crippen molar-refractivity contribution in [3.8, 4) is 0 Å². The Morgan fingerprint density at radius 2 is 1.80 bits per heavy atom. The number of ether oxygens (including phenoxy) is 1. The lowest BCUT2D eigenvalue weighted by atomic mass is 9.65. The minimum Gasteiger partial charge on any atom is -0.461 e. The Hall–Kier alpha value is -2.92. The molecule has 0 saturated carbocycles. The molecule has 0 aromatic rings. The molecule has 0 heterocycles. The van der Waals surface area contributed by atoms with Gasteiger partial charge in [0, 0.05) is 19.0 Å². The van der Waals surface area contributed by atoms with Gasteiger partial charge in [0.05, 0.1) is 24.0 Å². The summed E-state index contributed by atoms with van der Waals surface area (Å²) in [4.78, 5) is 37.7. The Kier molecular flexibility index (Phi) is 14.9. The molecule has 250 valence electrons. The predicted molar refractivity (Wildman–Crippen MR) is 171 cm³/mol. The van der Waals surface area contributed by atoms with E-state index >= 15 is 0 Å². The van der Waals surface area contributed by atoms with Crippen LogP contribution in [0.5, 0.6) is 0 Å². The van der Waals surface area contributed by atoms with E-state index in [0.717, 1.165) is 12.8 Å². The lowest BCUT2D eigenvalue weighted by Crippen LogP contribution is -2.46. The van der Waals surface area contributed by atoms with Crippen LogP contribution >= 0.6 is 0 Å². The summed E-state index contributed by atoms with van der Waals surface area (Å²) in [7, 11) is 0. The Morgan fingerprint density at radius 3 is 2.43 bits per heavy atom. The third kappa shape index (κ3) is 11.9. The summed E-state index contributed by atoms with van der Waals surface area (Å²) in [5.74, 6) is -0.303. The first-order valence-electron chi connectivity index (χ1n) is 16.3. The van der Waals surface area contributed by atoms with Crippen LogP contribution in [0.3, 0.4) is 0 Å². The number of esters is 1. The molecule has 8 atom stereocenters. The fraction of sp³-hybridized carbons (Fsp3) is 0.758. The molecule has 0 aromatic heterocycles. The standard InChI is InChI=1S/C33H57N5O6/c1-7-33(5,6)31(43)44-27-17-20(2)16-23-11-10-21(3)26(29(23)27)13-12-24(39)18-25(40)19-28(41)38-22(4)30(42)36-14-8-9-15-37-32(34)35/h10-11,16,20-22,24-27,29,39-40H,7-9,12-15,17-19H2,1-6H3,(H,36,42)(H,38,41)(H4,34,35,37)/t20-,21-,22-,24+,25+,26-,27-,29-/m0/s1. The van der Waals surface area contributed by atoms with E-state index in [1.54, 1.807) is 6.92 Å². The van der Waals surface area contributed by atoms with E-state index in [2.05, 4.69) is 48.0 Å². The molecule has 0 unspecified atom stereocenters. The molecule has 0 radical (unpaired) electrons. The van der Waals surface area contributed by atoms with Gasteiger partial charge in [-0.05, 0) is 89.0 Å². The van der Waals surface area contributed by atoms with E-state index in [4.69, 9.17) is 15.9 Å². The second-order valence-corrected chi connectivity index (χ2v) is 13.4. The highest BCUT2D eigenvalue weighted by Crippen LogP contribution is 2.45. The maximum absolute atomic E-state index is 13.0. The number of unbranched alkanes of at least 4 members (excludes halogenated alkanes) is 1. The summed E-state index contributed by atoms with van der Waals surface area (Å²) in [6, 6.07) is -0.763. The van der Waals surface area contributed by atoms with Crippen LogP contribution in [0, 0.1) is 34.5 Å². The maximum Gasteiger partial charge on any atom is 0.311 e. The van der Waals surface area contributed by atoms with Crippen LogP contribution in [0.4, 0.5) is 0 Å². The van der Waals surface area contributed by atoms with Crippen LogP contribution in [0.1, 0.15) is 92.9 Å². The lowest BCUT2D eigenvalue weighted by Gasteiger charge is -2.44. The fourth-order valence-electron chi connectivity index (χ4n) is 5.98. The Morgan fingerprint density at radius 1 is 1.14 bits per heavy atom. The van der Waals surface area contributed by atoms with Gasteiger partial charge in [0.2, 0.25) is 11.8 Å². The monoisotopic (exact) mass is 619 g/mol. The number of rotatable bonds is 17. The number of hydrogen-bond acceptors (Lipinski definition) is 7. The number of carbonyl (C=O) groups excluding carboxylic acids is 3. The van der Waals surface area contributed by atoms with Crippen molar-refractivity contribution in [3.05, 3.63) is 23.8 Å². The fourth-order valence-corrected chi connectivity index (χ4v) is 5.98. The van der Waals surface area contributed by atoms with Gasteiger partial charge in [0.1, 0.15) is 12.1 Å². The average molecular weight is 620 g/mol. The van der Waals surface area contributed by atoms with Crippen LogP contribution in [-0.4, -0.2) is 71.4 Å². The molecular formula is C33H57N5O6. The van der Waals surface area contributed by atoms with Crippen molar-refractivity contribution in [2.75, 3.05) is 13.1 Å². The van der Waals surface area contributed by atoms with Gasteiger partial charge in [-0.15, -0.1) is 0 Å². The van der Waals surface area contributed by atoms with Crippen molar-refractivity contribution in [1.29, 1.82) is 5.41 Å². The lowest BCUT2D eigenvalue weighted by molar-refractivity contribution is -0.164. The van der Waals surface area contributed by atoms with Crippen LogP contribution in [0.25, 0.3) is 0 Å². The molecule has 11 heteroatoms. The largest absolute Gasteiger partial charge is 0.461 e. The highest BCUT2D eigenvalue weighted by molar-refractivity contribution is 5.87. The summed E-state index contributed by atoms with van der Waals surface area (Å²) >= 11 is 0. The minimum absolute atomic E-state index is 0.0484. The number of amides is 2. The second kappa shape index (κ2) is 17.5. The molecule has 2 aliphatic rings. The molecule has 2 amide bonds. The molecule has 2 aliphatic carbocycles. The average Bonchev–Trinajstić information content (AvgIpc) is 2.93. The Bertz CT molecular complexity index is 1040. The first-order valence-corrected chi connectivity index (χ1v) is 16.3. The number of aliphatic hydroxyl groups excluding tert-OH is 2. The molecular weight excluding hydrogens is 562 g/mol. The SMILES string of the molecule is CCC(C)(C)C(=O)O[C@H]1C[C@@H](C)C=C2C=C[C@H](C)[C@H](CC[C@@H](O)C[C@@H](O)CC(=O)N[C@@H](C)C(=O)NCCCCNC(=N)N)[C@H]21. The molecule has 0 aliphatic heterocycles. The Labute approximate surface area is 263 Å². The van der Waals surface area contributed by atoms with Crippen molar-refractivity contribution >= 4 is 23.7 Å². The van der Waals surface area contributed by atoms with Crippen molar-refractivity contribution in [2.24, 2.45) is 34.8 Å². The van der Waals surface area contributed by atoms with Gasteiger partial charge in [-0.3, -0.25) is 19.8 Å². The van der Waals surface area contributed by atoms with Crippen molar-refractivity contribution in [3.63, 3.8) is 0 Å². The summed E-state index contributed by atoms with van der Waals surface area (Å²) in [5.41, 5.74) is 5.86. The third-order valence-electron chi connectivity index (χ3n) is 9.08. The van der Waals surface area contributed by atoms with Gasteiger partial charge in [-0.1, -0.05) is 39.0 Å². The summed E-state index contributed by atoms with van der Waals surface area (Å²) in [6.07, 6.45) is 8.39. The summed E-state index contributed by atoms with van der Waals surface area (Å²) in [5, 5.41) is 36.5. The molecule has 11 nitrogen and oxygen atoms in total. The molecule has 0 spiro atoms. The Balaban J connectivity index is 1.84. The number of fused-ring (bicyclic) bond motifs is 1. The van der Waals surface area contributed by atoms with E-state index in [9.17, 15) is 24.6 Å². The van der Waals surface area contributed by atoms with Crippen LogP contribution in [0.15, 0.2) is 23.8 Å². The van der Waals surface area contributed by atoms with Crippen LogP contribution < -0.4 is 21.7 Å². The molecule has 8 N–H and O–H groups in total. The first-order chi connectivity index (χ1) is 20.6. The van der Waals surface area contributed by atoms with Gasteiger partial charge in [0.15, 0.2) is 5.96 Å². The highest BCUT2D eigenvalue weighted by Gasteiger charge is 2.42. The number of nitrogens with one attached hydrogen (secondary N) is 4. The van der Waals surface area contributed by atoms with E-state index in [0.29, 0.717) is 44.7 Å². The zero-order valence-electron chi connectivity index (χ0n) is 27.5. The molecule has 0 fully saturated rings. The van der Waals surface area contributed by atoms with Crippen molar-refractivity contribution in [2.45, 2.75) is 117 Å². The number of carbonyl (C=O) groups is 3. The summed E-state index contributed by atoms with van der Waals surface area (Å²) in [6.45, 7) is 12.7.